The molecule has 3 rings (SSSR count). The molecule has 0 aliphatic carbocycles. The fourth-order valence-corrected chi connectivity index (χ4v) is 2.24. The molecule has 0 saturated heterocycles. The van der Waals surface area contributed by atoms with E-state index >= 15 is 0 Å². The minimum atomic E-state index is -0.261. The van der Waals surface area contributed by atoms with Gasteiger partial charge < -0.3 is 4.74 Å². The molecular formula is C20H15N3O2. The molecule has 0 aliphatic heterocycles. The van der Waals surface area contributed by atoms with Crippen LogP contribution in [-0.4, -0.2) is 15.9 Å². The van der Waals surface area contributed by atoms with Crippen LogP contribution in [0.25, 0.3) is 22.5 Å². The average molecular weight is 329 g/mol. The van der Waals surface area contributed by atoms with Crippen molar-refractivity contribution >= 4 is 5.97 Å². The van der Waals surface area contributed by atoms with Crippen molar-refractivity contribution in [1.29, 1.82) is 5.26 Å². The summed E-state index contributed by atoms with van der Waals surface area (Å²) >= 11 is 0. The van der Waals surface area contributed by atoms with Gasteiger partial charge in [0.1, 0.15) is 5.75 Å². The number of benzene rings is 2. The monoisotopic (exact) mass is 329 g/mol. The number of ether oxygens (including phenoxy) is 1. The van der Waals surface area contributed by atoms with E-state index < -0.39 is 0 Å². The van der Waals surface area contributed by atoms with E-state index in [1.54, 1.807) is 43.6 Å². The quantitative estimate of drug-likeness (QED) is 0.534. The molecule has 0 bridgehead atoms. The van der Waals surface area contributed by atoms with Gasteiger partial charge in [-0.15, -0.1) is 0 Å². The number of nitrogens with zero attached hydrogens (tertiary/aromatic N) is 3. The summed E-state index contributed by atoms with van der Waals surface area (Å²) in [6.07, 6.45) is 3.83. The molecule has 0 amide bonds. The second-order valence-electron chi connectivity index (χ2n) is 5.34. The third-order valence-electron chi connectivity index (χ3n) is 3.63. The van der Waals surface area contributed by atoms with Crippen LogP contribution in [0.15, 0.2) is 60.9 Å². The summed E-state index contributed by atoms with van der Waals surface area (Å²) in [7, 11) is 0. The van der Waals surface area contributed by atoms with E-state index in [4.69, 9.17) is 10.00 Å². The van der Waals surface area contributed by atoms with E-state index in [1.165, 1.54) is 0 Å². The lowest BCUT2D eigenvalue weighted by molar-refractivity contribution is -0.134. The van der Waals surface area contributed by atoms with Crippen molar-refractivity contribution in [2.45, 2.75) is 13.3 Å². The molecule has 3 aromatic rings. The summed E-state index contributed by atoms with van der Waals surface area (Å²) in [5.74, 6) is 0.857. The van der Waals surface area contributed by atoms with Gasteiger partial charge in [-0.1, -0.05) is 19.1 Å². The van der Waals surface area contributed by atoms with Gasteiger partial charge in [0, 0.05) is 29.9 Å². The van der Waals surface area contributed by atoms with Gasteiger partial charge in [-0.25, -0.2) is 9.97 Å². The first-order valence-electron chi connectivity index (χ1n) is 7.83. The molecule has 0 radical (unpaired) electrons. The first-order chi connectivity index (χ1) is 12.2. The van der Waals surface area contributed by atoms with Crippen LogP contribution >= 0.6 is 0 Å². The summed E-state index contributed by atoms with van der Waals surface area (Å²) in [5.41, 5.74) is 3.25. The fourth-order valence-electron chi connectivity index (χ4n) is 2.24. The van der Waals surface area contributed by atoms with Crippen LogP contribution in [-0.2, 0) is 4.79 Å². The highest BCUT2D eigenvalue weighted by atomic mass is 16.5. The largest absolute Gasteiger partial charge is 0.427 e. The molecular weight excluding hydrogens is 314 g/mol. The minimum absolute atomic E-state index is 0.261. The molecule has 2 aromatic carbocycles. The van der Waals surface area contributed by atoms with Gasteiger partial charge in [0.2, 0.25) is 0 Å². The summed E-state index contributed by atoms with van der Waals surface area (Å²) in [5, 5.41) is 8.83. The molecule has 0 spiro atoms. The summed E-state index contributed by atoms with van der Waals surface area (Å²) in [6, 6.07) is 16.4. The second-order valence-corrected chi connectivity index (χ2v) is 5.34. The van der Waals surface area contributed by atoms with Crippen LogP contribution in [0, 0.1) is 11.3 Å². The minimum Gasteiger partial charge on any atom is -0.427 e. The number of carbonyl (C=O) groups is 1. The van der Waals surface area contributed by atoms with Crippen molar-refractivity contribution in [2.24, 2.45) is 0 Å². The van der Waals surface area contributed by atoms with E-state index in [1.807, 2.05) is 24.3 Å². The van der Waals surface area contributed by atoms with E-state index in [0.717, 1.165) is 16.7 Å². The number of hydrogen-bond acceptors (Lipinski definition) is 5. The van der Waals surface area contributed by atoms with Gasteiger partial charge in [-0.05, 0) is 42.0 Å². The number of aromatic nitrogens is 2. The number of carbonyl (C=O) groups excluding carboxylic acids is 1. The fraction of sp³-hybridized carbons (Fsp3) is 0.100. The third-order valence-corrected chi connectivity index (χ3v) is 3.63. The van der Waals surface area contributed by atoms with Crippen LogP contribution in [0.1, 0.15) is 18.9 Å². The van der Waals surface area contributed by atoms with Gasteiger partial charge in [-0.3, -0.25) is 4.79 Å². The molecule has 0 unspecified atom stereocenters. The van der Waals surface area contributed by atoms with Gasteiger partial charge in [0.05, 0.1) is 11.6 Å². The zero-order valence-corrected chi connectivity index (χ0v) is 13.6. The maximum atomic E-state index is 11.3. The lowest BCUT2D eigenvalue weighted by Gasteiger charge is -2.06. The molecule has 0 N–H and O–H groups in total. The topological polar surface area (TPSA) is 75.9 Å². The van der Waals surface area contributed by atoms with E-state index in [-0.39, 0.29) is 5.97 Å². The van der Waals surface area contributed by atoms with Crippen molar-refractivity contribution < 1.29 is 9.53 Å². The van der Waals surface area contributed by atoms with Crippen LogP contribution in [0.2, 0.25) is 0 Å². The molecule has 0 aliphatic rings. The SMILES string of the molecule is CCC(=O)Oc1ccc(-c2cnc(-c3ccc(C#N)cc3)nc2)cc1. The first-order valence-corrected chi connectivity index (χ1v) is 7.83. The molecule has 1 aromatic heterocycles. The Morgan fingerprint density at radius 3 is 2.12 bits per heavy atom. The average Bonchev–Trinajstić information content (AvgIpc) is 2.69. The van der Waals surface area contributed by atoms with E-state index in [2.05, 4.69) is 16.0 Å². The molecule has 1 heterocycles. The number of nitriles is 1. The lowest BCUT2D eigenvalue weighted by Crippen LogP contribution is -2.05. The highest BCUT2D eigenvalue weighted by Crippen LogP contribution is 2.23. The molecule has 25 heavy (non-hydrogen) atoms. The van der Waals surface area contributed by atoms with Crippen LogP contribution in [0.3, 0.4) is 0 Å². The first kappa shape index (κ1) is 16.3. The Labute approximate surface area is 145 Å². The maximum absolute atomic E-state index is 11.3. The summed E-state index contributed by atoms with van der Waals surface area (Å²) in [4.78, 5) is 20.1. The van der Waals surface area contributed by atoms with Crippen molar-refractivity contribution in [2.75, 3.05) is 0 Å². The number of hydrogen-bond donors (Lipinski definition) is 0. The highest BCUT2D eigenvalue weighted by Gasteiger charge is 2.05. The lowest BCUT2D eigenvalue weighted by atomic mass is 10.1. The maximum Gasteiger partial charge on any atom is 0.310 e. The Hall–Kier alpha value is -3.52. The Balaban J connectivity index is 1.77. The van der Waals surface area contributed by atoms with Gasteiger partial charge in [0.25, 0.3) is 0 Å². The zero-order valence-electron chi connectivity index (χ0n) is 13.6. The van der Waals surface area contributed by atoms with E-state index in [0.29, 0.717) is 23.6 Å². The number of esters is 1. The molecule has 0 saturated carbocycles. The van der Waals surface area contributed by atoms with Crippen molar-refractivity contribution in [3.8, 4) is 34.3 Å². The molecule has 0 fully saturated rings. The standard InChI is InChI=1S/C20H15N3O2/c1-2-19(24)25-18-9-7-15(8-10-18)17-12-22-20(23-13-17)16-5-3-14(11-21)4-6-16/h3-10,12-13H,2H2,1H3. The molecule has 0 atom stereocenters. The Morgan fingerprint density at radius 2 is 1.56 bits per heavy atom. The predicted octanol–water partition coefficient (Wildman–Crippen LogP) is 4.00. The van der Waals surface area contributed by atoms with Crippen LogP contribution in [0.5, 0.6) is 5.75 Å². The predicted molar refractivity (Wildman–Crippen MR) is 93.5 cm³/mol. The highest BCUT2D eigenvalue weighted by molar-refractivity contribution is 5.72. The van der Waals surface area contributed by atoms with Gasteiger partial charge in [-0.2, -0.15) is 5.26 Å². The molecule has 122 valence electrons. The smallest absolute Gasteiger partial charge is 0.310 e. The van der Waals surface area contributed by atoms with Gasteiger partial charge >= 0.3 is 5.97 Å². The van der Waals surface area contributed by atoms with E-state index in [9.17, 15) is 4.79 Å². The summed E-state index contributed by atoms with van der Waals surface area (Å²) < 4.78 is 5.16. The van der Waals surface area contributed by atoms with Crippen molar-refractivity contribution in [3.63, 3.8) is 0 Å². The van der Waals surface area contributed by atoms with Crippen molar-refractivity contribution in [3.05, 3.63) is 66.5 Å². The zero-order chi connectivity index (χ0) is 17.6. The second kappa shape index (κ2) is 7.37. The Morgan fingerprint density at radius 1 is 0.960 bits per heavy atom. The Kier molecular flexibility index (Phi) is 4.82. The van der Waals surface area contributed by atoms with Crippen LogP contribution in [0.4, 0.5) is 0 Å². The Bertz CT molecular complexity index is 909. The molecule has 5 nitrogen and oxygen atoms in total. The van der Waals surface area contributed by atoms with Crippen molar-refractivity contribution in [1.82, 2.24) is 9.97 Å². The van der Waals surface area contributed by atoms with Gasteiger partial charge in [0.15, 0.2) is 5.82 Å². The number of rotatable bonds is 4. The normalized spacial score (nSPS) is 10.1. The summed E-state index contributed by atoms with van der Waals surface area (Å²) in [6.45, 7) is 1.75. The van der Waals surface area contributed by atoms with Crippen LogP contribution < -0.4 is 4.74 Å². The molecule has 5 heteroatoms. The third kappa shape index (κ3) is 3.88.